The molecule has 2 rings (SSSR count). The van der Waals surface area contributed by atoms with Gasteiger partial charge in [-0.2, -0.15) is 0 Å². The second kappa shape index (κ2) is 8.71. The number of hydrogen-bond acceptors (Lipinski definition) is 9. The largest absolute Gasteiger partial charge is 0.479 e. The molecular formula is C11H14N4O6S. The molecule has 22 heavy (non-hydrogen) atoms. The molecule has 11 heteroatoms. The third-order valence-corrected chi connectivity index (χ3v) is 2.76. The molecular weight excluding hydrogens is 316 g/mol. The van der Waals surface area contributed by atoms with Crippen molar-refractivity contribution in [2.45, 2.75) is 0 Å². The van der Waals surface area contributed by atoms with E-state index in [-0.39, 0.29) is 11.7 Å². The van der Waals surface area contributed by atoms with Crippen LogP contribution in [0.3, 0.4) is 0 Å². The molecule has 120 valence electrons. The molecule has 0 fully saturated rings. The molecule has 5 N–H and O–H groups in total. The number of carboxylic acid groups (broad SMARTS) is 1. The first kappa shape index (κ1) is 17.6. The number of carboxylic acids is 1. The highest BCUT2D eigenvalue weighted by molar-refractivity contribution is 7.14. The number of nitrogens with two attached hydrogens (primary N) is 1. The van der Waals surface area contributed by atoms with Crippen molar-refractivity contribution in [3.8, 4) is 17.3 Å². The van der Waals surface area contributed by atoms with Crippen LogP contribution in [0.1, 0.15) is 0 Å². The van der Waals surface area contributed by atoms with Gasteiger partial charge in [0, 0.05) is 11.9 Å². The highest BCUT2D eigenvalue weighted by Gasteiger charge is 2.15. The van der Waals surface area contributed by atoms with Crippen molar-refractivity contribution < 1.29 is 29.1 Å². The van der Waals surface area contributed by atoms with E-state index in [4.69, 9.17) is 25.2 Å². The van der Waals surface area contributed by atoms with Crippen molar-refractivity contribution >= 4 is 28.3 Å². The molecule has 0 saturated carbocycles. The summed E-state index contributed by atoms with van der Waals surface area (Å²) in [6.07, 6.45) is 0. The number of aromatic nitrogens is 2. The van der Waals surface area contributed by atoms with E-state index in [1.165, 1.54) is 13.2 Å². The number of amides is 1. The Balaban J connectivity index is 0.000000541. The Kier molecular flexibility index (Phi) is 6.95. The van der Waals surface area contributed by atoms with Gasteiger partial charge in [-0.3, -0.25) is 10.1 Å². The van der Waals surface area contributed by atoms with Gasteiger partial charge in [0.15, 0.2) is 10.9 Å². The standard InChI is InChI=1S/C9H7N3O5S.C2H7NO/c1-16-6-2-5(17-12-6)4-3-18-9(10-4)11-7(13)8(14)15;3-1-2-4/h2-3H,1H3,(H,14,15)(H,10,11,13);4H,1-3H2. The fourth-order valence-corrected chi connectivity index (χ4v) is 1.77. The number of nitrogens with zero attached hydrogens (tertiary/aromatic N) is 2. The summed E-state index contributed by atoms with van der Waals surface area (Å²) in [4.78, 5) is 25.2. The van der Waals surface area contributed by atoms with Crippen LogP contribution in [-0.4, -0.2) is 52.5 Å². The molecule has 2 heterocycles. The number of carbonyl (C=O) groups excluding carboxylic acids is 1. The Morgan fingerprint density at radius 2 is 2.23 bits per heavy atom. The van der Waals surface area contributed by atoms with Gasteiger partial charge in [0.2, 0.25) is 0 Å². The third-order valence-electron chi connectivity index (χ3n) is 2.00. The maximum Gasteiger partial charge on any atom is 0.394 e. The average molecular weight is 330 g/mol. The van der Waals surface area contributed by atoms with E-state index in [1.807, 2.05) is 0 Å². The number of nitrogens with one attached hydrogen (secondary N) is 1. The summed E-state index contributed by atoms with van der Waals surface area (Å²) in [5.41, 5.74) is 5.21. The van der Waals surface area contributed by atoms with Gasteiger partial charge in [0.05, 0.1) is 19.8 Å². The molecule has 0 saturated heterocycles. The van der Waals surface area contributed by atoms with Crippen LogP contribution in [0.2, 0.25) is 0 Å². The second-order valence-electron chi connectivity index (χ2n) is 3.54. The van der Waals surface area contributed by atoms with Crippen LogP contribution >= 0.6 is 11.3 Å². The molecule has 0 radical (unpaired) electrons. The summed E-state index contributed by atoms with van der Waals surface area (Å²) in [5, 5.41) is 23.7. The number of hydrogen-bond donors (Lipinski definition) is 4. The molecule has 0 spiro atoms. The average Bonchev–Trinajstić information content (AvgIpc) is 3.15. The van der Waals surface area contributed by atoms with Crippen molar-refractivity contribution in [1.29, 1.82) is 0 Å². The molecule has 0 aliphatic heterocycles. The summed E-state index contributed by atoms with van der Waals surface area (Å²) >= 11 is 1.07. The zero-order chi connectivity index (χ0) is 16.5. The first-order chi connectivity index (χ1) is 10.5. The topological polar surface area (TPSA) is 161 Å². The van der Waals surface area contributed by atoms with Crippen molar-refractivity contribution in [3.63, 3.8) is 0 Å². The lowest BCUT2D eigenvalue weighted by molar-refractivity contribution is -0.147. The highest BCUT2D eigenvalue weighted by atomic mass is 32.1. The van der Waals surface area contributed by atoms with E-state index in [1.54, 1.807) is 5.38 Å². The van der Waals surface area contributed by atoms with Gasteiger partial charge in [-0.25, -0.2) is 9.78 Å². The van der Waals surface area contributed by atoms with Crippen molar-refractivity contribution in [1.82, 2.24) is 10.1 Å². The molecule has 2 aromatic rings. The molecule has 0 aliphatic rings. The van der Waals surface area contributed by atoms with E-state index in [0.717, 1.165) is 11.3 Å². The normalized spacial score (nSPS) is 9.59. The van der Waals surface area contributed by atoms with Crippen LogP contribution in [0.4, 0.5) is 5.13 Å². The van der Waals surface area contributed by atoms with Crippen LogP contribution in [0.5, 0.6) is 5.88 Å². The summed E-state index contributed by atoms with van der Waals surface area (Å²) in [7, 11) is 1.45. The number of aliphatic carboxylic acids is 1. The summed E-state index contributed by atoms with van der Waals surface area (Å²) < 4.78 is 9.79. The number of thiazole rings is 1. The van der Waals surface area contributed by atoms with E-state index in [2.05, 4.69) is 15.5 Å². The fourth-order valence-electron chi connectivity index (χ4n) is 1.07. The molecule has 0 atom stereocenters. The first-order valence-electron chi connectivity index (χ1n) is 5.83. The van der Waals surface area contributed by atoms with Crippen molar-refractivity contribution in [2.24, 2.45) is 5.73 Å². The van der Waals surface area contributed by atoms with Gasteiger partial charge in [-0.1, -0.05) is 0 Å². The summed E-state index contributed by atoms with van der Waals surface area (Å²) in [6, 6.07) is 1.53. The quantitative estimate of drug-likeness (QED) is 0.555. The number of methoxy groups -OCH3 is 1. The molecule has 2 aromatic heterocycles. The number of anilines is 1. The highest BCUT2D eigenvalue weighted by Crippen LogP contribution is 2.27. The summed E-state index contributed by atoms with van der Waals surface area (Å²) in [6.45, 7) is 0.472. The number of aliphatic hydroxyl groups excluding tert-OH is 1. The van der Waals surface area contributed by atoms with Gasteiger partial charge in [-0.15, -0.1) is 11.3 Å². The number of aliphatic hydroxyl groups is 1. The fraction of sp³-hybridized carbons (Fsp3) is 0.273. The monoisotopic (exact) mass is 330 g/mol. The van der Waals surface area contributed by atoms with Crippen LogP contribution in [0.25, 0.3) is 11.5 Å². The van der Waals surface area contributed by atoms with Crippen LogP contribution in [0.15, 0.2) is 16.0 Å². The minimum absolute atomic E-state index is 0.0972. The van der Waals surface area contributed by atoms with Gasteiger partial charge in [0.1, 0.15) is 5.69 Å². The Morgan fingerprint density at radius 3 is 2.73 bits per heavy atom. The Morgan fingerprint density at radius 1 is 1.55 bits per heavy atom. The maximum atomic E-state index is 10.9. The molecule has 0 bridgehead atoms. The van der Waals surface area contributed by atoms with Crippen molar-refractivity contribution in [3.05, 3.63) is 11.4 Å². The Bertz CT molecular complexity index is 624. The van der Waals surface area contributed by atoms with Crippen LogP contribution in [0, 0.1) is 0 Å². The van der Waals surface area contributed by atoms with Gasteiger partial charge >= 0.3 is 11.9 Å². The molecule has 0 aromatic carbocycles. The van der Waals surface area contributed by atoms with Gasteiger partial charge in [0.25, 0.3) is 5.88 Å². The molecule has 1 amide bonds. The SMILES string of the molecule is COc1cc(-c2csc(NC(=O)C(=O)O)n2)on1.NCCO. The van der Waals surface area contributed by atoms with Crippen LogP contribution < -0.4 is 15.8 Å². The lowest BCUT2D eigenvalue weighted by Crippen LogP contribution is -2.21. The first-order valence-corrected chi connectivity index (χ1v) is 6.71. The zero-order valence-corrected chi connectivity index (χ0v) is 12.3. The maximum absolute atomic E-state index is 10.9. The molecule has 0 unspecified atom stereocenters. The molecule has 10 nitrogen and oxygen atoms in total. The third kappa shape index (κ3) is 5.12. The van der Waals surface area contributed by atoms with Gasteiger partial charge < -0.3 is 25.2 Å². The summed E-state index contributed by atoms with van der Waals surface area (Å²) in [5.74, 6) is -2.06. The minimum Gasteiger partial charge on any atom is -0.479 e. The lowest BCUT2D eigenvalue weighted by Gasteiger charge is -1.94. The predicted octanol–water partition coefficient (Wildman–Crippen LogP) is -0.233. The zero-order valence-electron chi connectivity index (χ0n) is 11.5. The Labute approximate surface area is 128 Å². The smallest absolute Gasteiger partial charge is 0.394 e. The van der Waals surface area contributed by atoms with Gasteiger partial charge in [-0.05, 0) is 5.16 Å². The van der Waals surface area contributed by atoms with E-state index in [0.29, 0.717) is 23.9 Å². The molecule has 0 aliphatic carbocycles. The minimum atomic E-state index is -1.58. The van der Waals surface area contributed by atoms with E-state index < -0.39 is 11.9 Å². The number of ether oxygens (including phenoxy) is 1. The number of rotatable bonds is 4. The Hall–Kier alpha value is -2.50. The van der Waals surface area contributed by atoms with Crippen LogP contribution in [-0.2, 0) is 9.59 Å². The van der Waals surface area contributed by atoms with Crippen molar-refractivity contribution in [2.75, 3.05) is 25.6 Å². The predicted molar refractivity (Wildman–Crippen MR) is 76.6 cm³/mol. The number of carbonyl (C=O) groups is 2. The lowest BCUT2D eigenvalue weighted by atomic mass is 10.4. The van der Waals surface area contributed by atoms with E-state index >= 15 is 0 Å². The van der Waals surface area contributed by atoms with E-state index in [9.17, 15) is 9.59 Å². The second-order valence-corrected chi connectivity index (χ2v) is 4.40.